The molecule has 11 aliphatic rings. The van der Waals surface area contributed by atoms with Crippen molar-refractivity contribution >= 4 is 116 Å². The maximum absolute atomic E-state index is 16.9. The van der Waals surface area contributed by atoms with Crippen LogP contribution in [0.1, 0.15) is 99.0 Å². The van der Waals surface area contributed by atoms with Gasteiger partial charge in [0.2, 0.25) is 69.8 Å². The number of aliphatic hydroxyl groups is 5. The number of allylic oxidation sites excluding steroid dienone is 6. The number of nitrogens with one attached hydrogen (secondary N) is 9. The predicted molar refractivity (Wildman–Crippen MR) is 406 cm³/mol. The van der Waals surface area contributed by atoms with Crippen molar-refractivity contribution in [3.8, 4) is 5.75 Å². The monoisotopic (exact) mass is 1660 g/mol. The SMILES string of the molecule is CCC(C)[C@@H]1NC(=O)CNC(=O)[C@@H]2Cc3c([nH]c4cc(O)ccc34)[S@+]([O-])C[C@H](NC(=O)CNC1=O)C(=O)N[C@@H](CC(N)=O)C(=O)N1CC(O)C[C@H]1C(=O)N[C@@H](C(C)[C@@H](O)CO)C(=O)N2.CO[C@@]12[C@H](COC(N)=O)C3=C(C(=O)C(C)=C(N)C3=O)N1C[C@@H]1N[C@@H]12.C[C@H]1C[C@H]2[C@@H]3CCC4=CC(=O)C=C[C@]4(C)[C@@]3(F)[C@@H](O)C[C@]2(C)[C@@]1(O)C(=O)CCl. The van der Waals surface area contributed by atoms with Crippen LogP contribution in [0.5, 0.6) is 5.75 Å². The minimum absolute atomic E-state index is 0.0151. The lowest BCUT2D eigenvalue weighted by Crippen LogP contribution is -2.69. The van der Waals surface area contributed by atoms with Gasteiger partial charge in [0, 0.05) is 101 Å². The van der Waals surface area contributed by atoms with Crippen LogP contribution in [-0.4, -0.2) is 274 Å². The molecule has 632 valence electrons. The molecule has 21 N–H and O–H groups in total. The average Bonchev–Trinajstić information content (AvgIpc) is 1.46. The molecule has 13 rings (SSSR count). The van der Waals surface area contributed by atoms with Gasteiger partial charge < -0.3 is 119 Å². The standard InChI is InChI=1S/C39H54N10O14S.C22H28ClFO4.C15H18N4O5/c1-4-16(2)31-36(60)42-11-29(55)43-25-15-64(63)38-21(20-6-5-18(51)7-22(20)46-38)9-23(33(57)41-12-30(56)47-31)44-37(61)32(17(3)27(53)14-50)48-35(59)26-8-19(52)13-49(26)39(62)24(10-28(40)54)45-34(25)58;1-12-8-16-15-5-4-13-9-14(25)6-7-19(13,2)21(15,24)17(26)10-20(16,3)22(12,28)18(27)11-23;1-5-9(16)12(21)8-6(4-24-14(17)22)15(23-2)13-7(18-13)3-19(15)10(8)11(5)20/h5-7,16-17,19,23-27,31-32,46,50-53H,4,8-15H2,1-3H3,(H2,40,54)(H,41,57)(H,42,60)(H,43,55)(H,44,61)(H,45,58)(H,47,56)(H,48,59);6-7,9,12,15-17,26,28H,4-5,8,10-11H2,1-3H3;6-7,13,18H,3-4,16H2,1-2H3,(H2,17,22)/t16?,17?,19?,23-,24-,25-,26-,27-,31-,32-,64+;12-,15-,16-,17-,19-,20-,21-,22-;6-,7+,13+,15-/m001/s1. The molecule has 0 radical (unpaired) electrons. The quantitative estimate of drug-likeness (QED) is 0.0413. The summed E-state index contributed by atoms with van der Waals surface area (Å²) in [5.74, 6) is -15.4. The van der Waals surface area contributed by atoms with E-state index >= 15 is 4.39 Å². The number of fused-ring (bicyclic) bond motifs is 14. The number of H-pyrrole nitrogens is 1. The molecule has 6 aliphatic heterocycles. The zero-order valence-corrected chi connectivity index (χ0v) is 66.6. The molecule has 2 aromatic rings. The van der Waals surface area contributed by atoms with Crippen LogP contribution in [0.25, 0.3) is 10.9 Å². The second-order valence-electron chi connectivity index (χ2n) is 32.3. The molecular formula is C76H100ClFN14O23S. The first-order chi connectivity index (χ1) is 54.5. The molecule has 3 saturated carbocycles. The highest BCUT2D eigenvalue weighted by Crippen LogP contribution is 2.71. The Balaban J connectivity index is 0.000000205. The zero-order valence-electron chi connectivity index (χ0n) is 65.0. The van der Waals surface area contributed by atoms with Gasteiger partial charge in [-0.1, -0.05) is 52.7 Å². The summed E-state index contributed by atoms with van der Waals surface area (Å²) in [6, 6.07) is -5.88. The summed E-state index contributed by atoms with van der Waals surface area (Å²) in [4.78, 5) is 190. The Bertz CT molecular complexity index is 4540. The number of primary amides is 2. The van der Waals surface area contributed by atoms with Crippen LogP contribution in [0.4, 0.5) is 9.18 Å². The number of nitrogens with zero attached hydrogens (tertiary/aromatic N) is 2. The van der Waals surface area contributed by atoms with E-state index in [0.29, 0.717) is 37.9 Å². The summed E-state index contributed by atoms with van der Waals surface area (Å²) in [5, 5.41) is 84.7. The molecule has 7 heterocycles. The fourth-order valence-electron chi connectivity index (χ4n) is 19.3. The number of hydrogen-bond donors (Lipinski definition) is 18. The normalized spacial score (nSPS) is 36.0. The summed E-state index contributed by atoms with van der Waals surface area (Å²) < 4.78 is 42.2. The van der Waals surface area contributed by atoms with Crippen molar-refractivity contribution in [2.75, 3.05) is 58.1 Å². The number of halogens is 2. The largest absolute Gasteiger partial charge is 0.610 e. The molecule has 116 heavy (non-hydrogen) atoms. The van der Waals surface area contributed by atoms with Gasteiger partial charge in [0.05, 0.1) is 79.2 Å². The lowest BCUT2D eigenvalue weighted by molar-refractivity contribution is -0.218. The first-order valence-electron chi connectivity index (χ1n) is 38.3. The molecule has 1 aromatic carbocycles. The molecule has 3 saturated heterocycles. The molecule has 2 bridgehead atoms. The minimum Gasteiger partial charge on any atom is -0.610 e. The maximum atomic E-state index is 16.9. The molecular weight excluding hydrogens is 1560 g/mol. The molecule has 3 unspecified atom stereocenters. The molecule has 23 atom stereocenters. The van der Waals surface area contributed by atoms with E-state index in [1.807, 2.05) is 18.7 Å². The van der Waals surface area contributed by atoms with Crippen LogP contribution >= 0.6 is 11.6 Å². The molecule has 1 aromatic heterocycles. The number of ether oxygens (including phenoxy) is 2. The minimum atomic E-state index is -2.38. The predicted octanol–water partition coefficient (Wildman–Crippen LogP) is -4.43. The molecule has 0 spiro atoms. The van der Waals surface area contributed by atoms with Crippen LogP contribution in [0.3, 0.4) is 0 Å². The Kier molecular flexibility index (Phi) is 25.2. The summed E-state index contributed by atoms with van der Waals surface area (Å²) in [7, 11) is 1.52. The lowest BCUT2D eigenvalue weighted by atomic mass is 9.44. The Labute approximate surface area is 672 Å². The van der Waals surface area contributed by atoms with Crippen molar-refractivity contribution in [1.29, 1.82) is 0 Å². The van der Waals surface area contributed by atoms with Crippen molar-refractivity contribution in [2.24, 2.45) is 63.5 Å². The molecule has 6 fully saturated rings. The van der Waals surface area contributed by atoms with Crippen molar-refractivity contribution in [2.45, 2.75) is 189 Å². The van der Waals surface area contributed by atoms with Crippen LogP contribution in [0.15, 0.2) is 69.6 Å². The Morgan fingerprint density at radius 2 is 1.55 bits per heavy atom. The Morgan fingerprint density at radius 3 is 2.20 bits per heavy atom. The van der Waals surface area contributed by atoms with E-state index in [4.69, 9.17) is 38.3 Å². The number of aromatic amines is 1. The number of alkyl halides is 2. The average molecular weight is 1660 g/mol. The summed E-state index contributed by atoms with van der Waals surface area (Å²) in [6.07, 6.45) is -0.687. The van der Waals surface area contributed by atoms with Gasteiger partial charge in [-0.25, -0.2) is 9.18 Å². The number of piperazine rings is 1. The van der Waals surface area contributed by atoms with Crippen LogP contribution in [0, 0.1) is 46.3 Å². The van der Waals surface area contributed by atoms with Crippen molar-refractivity contribution in [1.82, 2.24) is 57.3 Å². The highest BCUT2D eigenvalue weighted by Gasteiger charge is 2.76. The van der Waals surface area contributed by atoms with Crippen molar-refractivity contribution in [3.05, 3.63) is 70.1 Å². The fourth-order valence-corrected chi connectivity index (χ4v) is 20.9. The first-order valence-corrected chi connectivity index (χ1v) is 40.2. The number of rotatable bonds is 12. The molecule has 40 heteroatoms. The van der Waals surface area contributed by atoms with E-state index in [1.54, 1.807) is 26.8 Å². The highest BCUT2D eigenvalue weighted by atomic mass is 35.5. The van der Waals surface area contributed by atoms with E-state index in [9.17, 15) is 102 Å². The number of phenolic OH excluding ortho intramolecular Hbond substituents is 1. The van der Waals surface area contributed by atoms with Gasteiger partial charge in [-0.15, -0.1) is 11.6 Å². The number of Topliss-reactive ketones (excluding diaryl/α,β-unsaturated/α-hetero) is 3. The van der Waals surface area contributed by atoms with Gasteiger partial charge in [-0.05, 0) is 81.6 Å². The van der Waals surface area contributed by atoms with E-state index in [2.05, 4.69) is 47.5 Å². The van der Waals surface area contributed by atoms with E-state index in [1.165, 1.54) is 51.3 Å². The maximum Gasteiger partial charge on any atom is 0.404 e. The summed E-state index contributed by atoms with van der Waals surface area (Å²) >= 11 is 3.43. The van der Waals surface area contributed by atoms with Crippen LogP contribution in [0.2, 0.25) is 0 Å². The number of nitrogens with two attached hydrogens (primary N) is 3. The smallest absolute Gasteiger partial charge is 0.404 e. The number of phenols is 1. The number of aromatic hydroxyl groups is 1. The third kappa shape index (κ3) is 15.4. The van der Waals surface area contributed by atoms with Gasteiger partial charge in [-0.2, -0.15) is 0 Å². The van der Waals surface area contributed by atoms with Crippen LogP contribution in [-0.2, 0) is 89.4 Å². The van der Waals surface area contributed by atoms with Gasteiger partial charge in [-0.3, -0.25) is 62.3 Å². The summed E-state index contributed by atoms with van der Waals surface area (Å²) in [6.45, 7) is 9.05. The number of amides is 10. The number of aromatic nitrogens is 1. The van der Waals surface area contributed by atoms with Gasteiger partial charge in [0.25, 0.3) is 0 Å². The topological polar surface area (TPSA) is 608 Å². The number of methoxy groups -OCH3 is 1. The molecule has 37 nitrogen and oxygen atoms in total. The molecule has 5 aliphatic carbocycles. The number of ketones is 4. The van der Waals surface area contributed by atoms with E-state index < -0.39 is 239 Å². The fraction of sp³-hybridized carbons (Fsp3) is 0.605. The highest BCUT2D eigenvalue weighted by molar-refractivity contribution is 7.91. The number of carbonyl (C=O) groups is 14. The lowest BCUT2D eigenvalue weighted by Gasteiger charge is -2.62. The zero-order chi connectivity index (χ0) is 85.2. The van der Waals surface area contributed by atoms with Crippen LogP contribution < -0.4 is 59.7 Å². The summed E-state index contributed by atoms with van der Waals surface area (Å²) in [5.41, 5.74) is 11.5. The Hall–Kier alpha value is -9.45. The van der Waals surface area contributed by atoms with E-state index in [-0.39, 0.29) is 98.5 Å². The third-order valence-electron chi connectivity index (χ3n) is 25.8. The number of hydrogen-bond acceptors (Lipinski definition) is 26. The second kappa shape index (κ2) is 33.5. The van der Waals surface area contributed by atoms with Crippen molar-refractivity contribution in [3.63, 3.8) is 0 Å². The number of benzene rings is 1. The Morgan fingerprint density at radius 1 is 0.871 bits per heavy atom. The third-order valence-corrected chi connectivity index (χ3v) is 27.5. The molecule has 10 amide bonds. The van der Waals surface area contributed by atoms with E-state index in [0.717, 1.165) is 10.5 Å². The first kappa shape index (κ1) is 87.4. The van der Waals surface area contributed by atoms with Gasteiger partial charge >= 0.3 is 6.09 Å². The number of carbonyl (C=O) groups excluding carboxylic acids is 14. The van der Waals surface area contributed by atoms with Gasteiger partial charge in [0.15, 0.2) is 29.0 Å². The van der Waals surface area contributed by atoms with Crippen molar-refractivity contribution < 1.29 is 116 Å². The second-order valence-corrected chi connectivity index (χ2v) is 34.0. The van der Waals surface area contributed by atoms with Gasteiger partial charge in [0.1, 0.15) is 53.9 Å². The number of aliphatic hydroxyl groups excluding tert-OH is 4.